The van der Waals surface area contributed by atoms with Crippen LogP contribution in [0.4, 0.5) is 0 Å². The maximum Gasteiger partial charge on any atom is 0.160 e. The molecule has 0 fully saturated rings. The molecule has 0 spiro atoms. The molecule has 0 atom stereocenters. The van der Waals surface area contributed by atoms with Crippen molar-refractivity contribution in [1.29, 1.82) is 0 Å². The van der Waals surface area contributed by atoms with Crippen LogP contribution in [0.3, 0.4) is 0 Å². The zero-order valence-corrected chi connectivity index (χ0v) is 8.07. The predicted octanol–water partition coefficient (Wildman–Crippen LogP) is 3.29. The van der Waals surface area contributed by atoms with E-state index in [2.05, 4.69) is 13.8 Å². The van der Waals surface area contributed by atoms with Crippen LogP contribution in [0.15, 0.2) is 12.1 Å². The first-order valence-corrected chi connectivity index (χ1v) is 4.57. The molecule has 0 amide bonds. The monoisotopic (exact) mass is 170 g/mol. The van der Waals surface area contributed by atoms with E-state index in [1.165, 1.54) is 22.6 Å². The van der Waals surface area contributed by atoms with Crippen LogP contribution in [0, 0.1) is 6.92 Å². The van der Waals surface area contributed by atoms with Gasteiger partial charge in [-0.2, -0.15) is 0 Å². The number of hydrogen-bond acceptors (Lipinski definition) is 2. The number of aryl methyl sites for hydroxylation is 1. The van der Waals surface area contributed by atoms with Gasteiger partial charge in [-0.15, -0.1) is 11.3 Å². The molecule has 1 heterocycles. The van der Waals surface area contributed by atoms with Gasteiger partial charge in [-0.3, -0.25) is 4.79 Å². The first kappa shape index (κ1) is 10.4. The number of thiophene rings is 1. The van der Waals surface area contributed by atoms with E-state index in [4.69, 9.17) is 0 Å². The number of hydrogen-bond donors (Lipinski definition) is 0. The van der Waals surface area contributed by atoms with E-state index >= 15 is 0 Å². The molecule has 1 aromatic rings. The molecule has 0 unspecified atom stereocenters. The van der Waals surface area contributed by atoms with Crippen LogP contribution in [0.2, 0.25) is 0 Å². The highest BCUT2D eigenvalue weighted by molar-refractivity contribution is 7.13. The Morgan fingerprint density at radius 2 is 2.00 bits per heavy atom. The molecule has 0 aliphatic carbocycles. The summed E-state index contributed by atoms with van der Waals surface area (Å²) in [5.41, 5.74) is 0. The Morgan fingerprint density at radius 1 is 1.45 bits per heavy atom. The molecule has 62 valence electrons. The highest BCUT2D eigenvalue weighted by Crippen LogP contribution is 2.11. The van der Waals surface area contributed by atoms with Crippen molar-refractivity contribution >= 4 is 17.6 Å². The molecule has 0 saturated carbocycles. The maximum absolute atomic E-state index is 10.0. The number of aldehydes is 1. The van der Waals surface area contributed by atoms with E-state index < -0.39 is 0 Å². The van der Waals surface area contributed by atoms with E-state index in [1.54, 1.807) is 0 Å². The first-order chi connectivity index (χ1) is 5.24. The number of rotatable bonds is 1. The largest absolute Gasteiger partial charge is 0.297 e. The standard InChI is InChI=1S/C6H6OS.C3H8/c1-5-2-3-6(4-7)8-5;1-3-2/h2-4H,1H3;3H2,1-2H3. The third-order valence-electron chi connectivity index (χ3n) is 0.877. The second-order valence-corrected chi connectivity index (χ2v) is 3.59. The van der Waals surface area contributed by atoms with Gasteiger partial charge in [-0.1, -0.05) is 20.3 Å². The lowest BCUT2D eigenvalue weighted by atomic mass is 10.5. The predicted molar refractivity (Wildman–Crippen MR) is 50.4 cm³/mol. The maximum atomic E-state index is 10.0. The van der Waals surface area contributed by atoms with Crippen LogP contribution in [0.5, 0.6) is 0 Å². The summed E-state index contributed by atoms with van der Waals surface area (Å²) < 4.78 is 0. The first-order valence-electron chi connectivity index (χ1n) is 3.76. The van der Waals surface area contributed by atoms with Crippen LogP contribution in [0.25, 0.3) is 0 Å². The zero-order chi connectivity index (χ0) is 8.69. The quantitative estimate of drug-likeness (QED) is 0.591. The van der Waals surface area contributed by atoms with E-state index in [0.29, 0.717) is 0 Å². The van der Waals surface area contributed by atoms with E-state index in [9.17, 15) is 4.79 Å². The summed E-state index contributed by atoms with van der Waals surface area (Å²) in [6, 6.07) is 3.77. The Hall–Kier alpha value is -0.630. The molecule has 2 heteroatoms. The zero-order valence-electron chi connectivity index (χ0n) is 7.26. The highest BCUT2D eigenvalue weighted by Gasteiger charge is 1.90. The molecule has 0 radical (unpaired) electrons. The lowest BCUT2D eigenvalue weighted by molar-refractivity contribution is 0.112. The van der Waals surface area contributed by atoms with Gasteiger partial charge in [-0.05, 0) is 19.1 Å². The van der Waals surface area contributed by atoms with Gasteiger partial charge in [0.2, 0.25) is 0 Å². The topological polar surface area (TPSA) is 17.1 Å². The Labute approximate surface area is 72.1 Å². The SMILES string of the molecule is CCC.Cc1ccc(C=O)s1. The van der Waals surface area contributed by atoms with Crippen LogP contribution in [-0.2, 0) is 0 Å². The Morgan fingerprint density at radius 3 is 2.18 bits per heavy atom. The van der Waals surface area contributed by atoms with Crippen molar-refractivity contribution in [3.63, 3.8) is 0 Å². The second kappa shape index (κ2) is 6.10. The number of carbonyl (C=O) groups is 1. The summed E-state index contributed by atoms with van der Waals surface area (Å²) in [7, 11) is 0. The molecular formula is C9H14OS. The van der Waals surface area contributed by atoms with Gasteiger partial charge in [-0.25, -0.2) is 0 Å². The third kappa shape index (κ3) is 4.73. The third-order valence-corrected chi connectivity index (χ3v) is 1.80. The van der Waals surface area contributed by atoms with Crippen molar-refractivity contribution < 1.29 is 4.79 Å². The molecule has 11 heavy (non-hydrogen) atoms. The minimum atomic E-state index is 0.808. The summed E-state index contributed by atoms with van der Waals surface area (Å²) in [4.78, 5) is 12.0. The molecule has 1 rings (SSSR count). The average molecular weight is 170 g/mol. The Bertz CT molecular complexity index is 203. The van der Waals surface area contributed by atoms with Gasteiger partial charge in [0.1, 0.15) is 0 Å². The van der Waals surface area contributed by atoms with Crippen LogP contribution in [0.1, 0.15) is 34.8 Å². The van der Waals surface area contributed by atoms with E-state index in [-0.39, 0.29) is 0 Å². The lowest BCUT2D eigenvalue weighted by Gasteiger charge is -1.71. The van der Waals surface area contributed by atoms with Gasteiger partial charge < -0.3 is 0 Å². The lowest BCUT2D eigenvalue weighted by Crippen LogP contribution is -1.61. The van der Waals surface area contributed by atoms with Crippen molar-refractivity contribution in [3.8, 4) is 0 Å². The summed E-state index contributed by atoms with van der Waals surface area (Å²) in [5, 5.41) is 0. The van der Waals surface area contributed by atoms with Gasteiger partial charge in [0.25, 0.3) is 0 Å². The smallest absolute Gasteiger partial charge is 0.160 e. The molecular weight excluding hydrogens is 156 g/mol. The van der Waals surface area contributed by atoms with Gasteiger partial charge in [0, 0.05) is 4.88 Å². The van der Waals surface area contributed by atoms with Gasteiger partial charge in [0.05, 0.1) is 4.88 Å². The molecule has 0 bridgehead atoms. The molecule has 0 saturated heterocycles. The molecule has 1 aromatic heterocycles. The fourth-order valence-corrected chi connectivity index (χ4v) is 1.21. The van der Waals surface area contributed by atoms with Crippen molar-refractivity contribution in [2.75, 3.05) is 0 Å². The second-order valence-electron chi connectivity index (χ2n) is 2.27. The molecule has 1 nitrogen and oxygen atoms in total. The Balaban J connectivity index is 0.000000292. The van der Waals surface area contributed by atoms with Crippen molar-refractivity contribution in [1.82, 2.24) is 0 Å². The highest BCUT2D eigenvalue weighted by atomic mass is 32.1. The molecule has 0 aliphatic heterocycles. The van der Waals surface area contributed by atoms with Crippen LogP contribution in [-0.4, -0.2) is 6.29 Å². The Kier molecular flexibility index (Phi) is 5.75. The van der Waals surface area contributed by atoms with Gasteiger partial charge >= 0.3 is 0 Å². The summed E-state index contributed by atoms with van der Waals surface area (Å²) >= 11 is 1.52. The van der Waals surface area contributed by atoms with E-state index in [1.807, 2.05) is 19.1 Å². The fourth-order valence-electron chi connectivity index (χ4n) is 0.517. The van der Waals surface area contributed by atoms with E-state index in [0.717, 1.165) is 11.2 Å². The molecule has 0 N–H and O–H groups in total. The minimum absolute atomic E-state index is 0.808. The summed E-state index contributed by atoms with van der Waals surface area (Å²) in [5.74, 6) is 0. The van der Waals surface area contributed by atoms with Crippen molar-refractivity contribution in [3.05, 3.63) is 21.9 Å². The summed E-state index contributed by atoms with van der Waals surface area (Å²) in [6.07, 6.45) is 2.12. The van der Waals surface area contributed by atoms with Crippen LogP contribution < -0.4 is 0 Å². The van der Waals surface area contributed by atoms with Crippen molar-refractivity contribution in [2.45, 2.75) is 27.2 Å². The van der Waals surface area contributed by atoms with Gasteiger partial charge in [0.15, 0.2) is 6.29 Å². The number of carbonyl (C=O) groups excluding carboxylic acids is 1. The molecule has 0 aromatic carbocycles. The summed E-state index contributed by atoms with van der Waals surface area (Å²) in [6.45, 7) is 6.23. The fraction of sp³-hybridized carbons (Fsp3) is 0.444. The van der Waals surface area contributed by atoms with Crippen LogP contribution >= 0.6 is 11.3 Å². The molecule has 0 aliphatic rings. The average Bonchev–Trinajstić information content (AvgIpc) is 2.37. The normalized spacial score (nSPS) is 8.27. The van der Waals surface area contributed by atoms with Crippen molar-refractivity contribution in [2.24, 2.45) is 0 Å². The minimum Gasteiger partial charge on any atom is -0.297 e.